The van der Waals surface area contributed by atoms with E-state index in [1.165, 1.54) is 31.9 Å². The van der Waals surface area contributed by atoms with Crippen LogP contribution in [0.4, 0.5) is 35.2 Å². The lowest BCUT2D eigenvalue weighted by Crippen LogP contribution is -2.39. The molecule has 1 amide bonds. The van der Waals surface area contributed by atoms with Gasteiger partial charge in [-0.1, -0.05) is 23.9 Å². The summed E-state index contributed by atoms with van der Waals surface area (Å²) in [6, 6.07) is 13.1. The predicted octanol–water partition coefficient (Wildman–Crippen LogP) is 8.80. The number of carbonyl (C=O) groups is 1. The number of amides is 1. The molecule has 1 aliphatic heterocycles. The van der Waals surface area contributed by atoms with Gasteiger partial charge in [0.15, 0.2) is 0 Å². The largest absolute Gasteiger partial charge is 0.443 e. The summed E-state index contributed by atoms with van der Waals surface area (Å²) in [5, 5.41) is 5.42. The van der Waals surface area contributed by atoms with E-state index in [1.807, 2.05) is 21.2 Å². The highest BCUT2D eigenvalue weighted by atomic mass is 127. The number of hydrogen-bond donors (Lipinski definition) is 2. The van der Waals surface area contributed by atoms with Gasteiger partial charge in [-0.15, -0.1) is 0 Å². The van der Waals surface area contributed by atoms with Crippen molar-refractivity contribution in [3.63, 3.8) is 0 Å². The molecule has 3 aromatic rings. The molecule has 4 rings (SSSR count). The minimum atomic E-state index is -4.57. The molecule has 2 N–H and O–H groups in total. The molecule has 0 aliphatic carbocycles. The van der Waals surface area contributed by atoms with Crippen molar-refractivity contribution in [1.82, 2.24) is 4.98 Å². The number of halogens is 4. The number of aromatic nitrogens is 1. The molecule has 14 heteroatoms. The van der Waals surface area contributed by atoms with Crippen LogP contribution in [0.2, 0.25) is 0 Å². The Balaban J connectivity index is 1.56. The number of fused-ring (bicyclic) bond motifs is 1. The monoisotopic (exact) mass is 748 g/mol. The molecular formula is C29H32F3IN4O4S2. The van der Waals surface area contributed by atoms with Crippen LogP contribution in [0, 0.1) is 0 Å². The van der Waals surface area contributed by atoms with Gasteiger partial charge in [0.05, 0.1) is 41.1 Å². The Hall–Kier alpha value is -2.40. The molecule has 8 nitrogen and oxygen atoms in total. The number of nitrogens with one attached hydrogen (secondary N) is 2. The van der Waals surface area contributed by atoms with Crippen molar-refractivity contribution in [2.24, 2.45) is 0 Å². The molecule has 0 saturated heterocycles. The topological polar surface area (TPSA) is 85.0 Å². The van der Waals surface area contributed by atoms with Crippen molar-refractivity contribution in [2.45, 2.75) is 42.8 Å². The molecule has 1 atom stereocenters. The van der Waals surface area contributed by atoms with Gasteiger partial charge in [-0.2, -0.15) is 13.2 Å². The fraction of sp³-hybridized carbons (Fsp3) is 0.379. The lowest BCUT2D eigenvalue weighted by atomic mass is 9.99. The van der Waals surface area contributed by atoms with Crippen molar-refractivity contribution in [2.75, 3.05) is 48.9 Å². The van der Waals surface area contributed by atoms with E-state index < -0.39 is 28.8 Å². The second-order valence-corrected chi connectivity index (χ2v) is 13.0. The van der Waals surface area contributed by atoms with Gasteiger partial charge in [0.2, 0.25) is 0 Å². The van der Waals surface area contributed by atoms with E-state index in [4.69, 9.17) is 13.7 Å². The van der Waals surface area contributed by atoms with Gasteiger partial charge in [0, 0.05) is 56.3 Å². The summed E-state index contributed by atoms with van der Waals surface area (Å²) in [7, 11) is 2.94. The lowest BCUT2D eigenvalue weighted by molar-refractivity contribution is -0.138. The Morgan fingerprint density at radius 3 is 2.51 bits per heavy atom. The molecule has 232 valence electrons. The number of carbonyl (C=O) groups excluding carboxylic acids is 1. The standard InChI is InChI=1S/C29H32F3IN4O4S2/c1-28(2,3)41-27(38)37(11-12-39-13-14-40-43-33)20-7-9-23-24(16-20)42-26(36-23)21-8-5-18(15-22(21)29(30,31)32)19-6-10-25(34-4)35-17-19/h5-10,15-17,26,36H,11-14H2,1-4H3,(H,34,35). The Morgan fingerprint density at radius 1 is 1.09 bits per heavy atom. The highest BCUT2D eigenvalue weighted by molar-refractivity contribution is 14.2. The maximum atomic E-state index is 14.3. The number of anilines is 3. The average Bonchev–Trinajstić information content (AvgIpc) is 3.38. The third-order valence-electron chi connectivity index (χ3n) is 6.23. The predicted molar refractivity (Wildman–Crippen MR) is 175 cm³/mol. The Bertz CT molecular complexity index is 1410. The smallest absolute Gasteiger partial charge is 0.416 e. The van der Waals surface area contributed by atoms with Crippen molar-refractivity contribution in [3.05, 3.63) is 65.9 Å². The van der Waals surface area contributed by atoms with E-state index in [1.54, 1.807) is 70.4 Å². The Kier molecular flexibility index (Phi) is 11.4. The van der Waals surface area contributed by atoms with E-state index in [9.17, 15) is 18.0 Å². The minimum absolute atomic E-state index is 0.114. The van der Waals surface area contributed by atoms with E-state index in [0.717, 1.165) is 6.07 Å². The summed E-state index contributed by atoms with van der Waals surface area (Å²) in [6.07, 6.45) is -3.57. The maximum Gasteiger partial charge on any atom is 0.416 e. The number of alkyl halides is 3. The van der Waals surface area contributed by atoms with Crippen molar-refractivity contribution in [3.8, 4) is 11.1 Å². The van der Waals surface area contributed by atoms with E-state index in [-0.39, 0.29) is 18.7 Å². The normalized spacial score (nSPS) is 14.7. The molecule has 0 bridgehead atoms. The number of hydrogen-bond acceptors (Lipinski definition) is 9. The number of rotatable bonds is 11. The molecule has 2 heterocycles. The number of pyridine rings is 1. The van der Waals surface area contributed by atoms with Gasteiger partial charge in [-0.25, -0.2) is 9.78 Å². The third kappa shape index (κ3) is 9.06. The molecular weight excluding hydrogens is 716 g/mol. The quantitative estimate of drug-likeness (QED) is 0.114. The number of thioether (sulfide) groups is 1. The zero-order chi connectivity index (χ0) is 31.2. The Labute approximate surface area is 269 Å². The zero-order valence-corrected chi connectivity index (χ0v) is 27.7. The molecule has 43 heavy (non-hydrogen) atoms. The minimum Gasteiger partial charge on any atom is -0.443 e. The number of ether oxygens (including phenoxy) is 2. The first-order chi connectivity index (χ1) is 20.4. The molecule has 0 fully saturated rings. The van der Waals surface area contributed by atoms with Crippen LogP contribution in [0.5, 0.6) is 0 Å². The van der Waals surface area contributed by atoms with Gasteiger partial charge in [-0.3, -0.25) is 4.90 Å². The van der Waals surface area contributed by atoms with Crippen LogP contribution < -0.4 is 15.5 Å². The molecule has 0 saturated carbocycles. The van der Waals surface area contributed by atoms with Crippen molar-refractivity contribution < 1.29 is 31.6 Å². The first-order valence-electron chi connectivity index (χ1n) is 13.3. The van der Waals surface area contributed by atoms with E-state index in [2.05, 4.69) is 15.6 Å². The maximum absolute atomic E-state index is 14.3. The zero-order valence-electron chi connectivity index (χ0n) is 24.0. The second-order valence-electron chi connectivity index (χ2n) is 10.4. The number of nitrogens with zero attached hydrogens (tertiary/aromatic N) is 2. The fourth-order valence-corrected chi connectivity index (χ4v) is 6.17. The summed E-state index contributed by atoms with van der Waals surface area (Å²) < 4.78 is 59.4. The van der Waals surface area contributed by atoms with Crippen LogP contribution in [0.15, 0.2) is 59.6 Å². The second kappa shape index (κ2) is 14.6. The lowest BCUT2D eigenvalue weighted by Gasteiger charge is -2.27. The van der Waals surface area contributed by atoms with Crippen LogP contribution in [-0.4, -0.2) is 50.1 Å². The van der Waals surface area contributed by atoms with E-state index in [0.29, 0.717) is 46.4 Å². The van der Waals surface area contributed by atoms with Crippen LogP contribution >= 0.6 is 42.2 Å². The first kappa shape index (κ1) is 33.5. The van der Waals surface area contributed by atoms with Gasteiger partial charge in [0.25, 0.3) is 0 Å². The van der Waals surface area contributed by atoms with Gasteiger partial charge >= 0.3 is 12.3 Å². The first-order valence-corrected chi connectivity index (χ1v) is 17.5. The number of benzene rings is 2. The average molecular weight is 749 g/mol. The molecule has 1 unspecified atom stereocenters. The summed E-state index contributed by atoms with van der Waals surface area (Å²) in [4.78, 5) is 19.5. The SMILES string of the molecule is CNc1ccc(-c2ccc(C3Nc4ccc(N(CCOCCOSI)C(=O)OC(C)(C)C)cc4S3)c(C(F)(F)F)c2)cn1. The van der Waals surface area contributed by atoms with E-state index >= 15 is 0 Å². The molecule has 0 spiro atoms. The summed E-state index contributed by atoms with van der Waals surface area (Å²) in [5.41, 5.74) is 0.903. The molecule has 1 aromatic heterocycles. The van der Waals surface area contributed by atoms with Crippen LogP contribution in [0.1, 0.15) is 37.3 Å². The van der Waals surface area contributed by atoms with Gasteiger partial charge in [-0.05, 0) is 68.3 Å². The molecule has 2 aromatic carbocycles. The molecule has 0 radical (unpaired) electrons. The molecule has 1 aliphatic rings. The van der Waals surface area contributed by atoms with Crippen molar-refractivity contribution >= 4 is 65.5 Å². The van der Waals surface area contributed by atoms with Crippen LogP contribution in [0.3, 0.4) is 0 Å². The fourth-order valence-electron chi connectivity index (χ4n) is 4.28. The van der Waals surface area contributed by atoms with Crippen LogP contribution in [-0.2, 0) is 19.8 Å². The summed E-state index contributed by atoms with van der Waals surface area (Å²) in [5.74, 6) is 0.623. The van der Waals surface area contributed by atoms with Gasteiger partial charge in [0.1, 0.15) is 16.8 Å². The summed E-state index contributed by atoms with van der Waals surface area (Å²) >= 11 is 3.28. The Morgan fingerprint density at radius 2 is 1.86 bits per heavy atom. The van der Waals surface area contributed by atoms with Crippen molar-refractivity contribution in [1.29, 1.82) is 0 Å². The highest BCUT2D eigenvalue weighted by Crippen LogP contribution is 2.50. The summed E-state index contributed by atoms with van der Waals surface area (Å²) in [6.45, 7) is 6.57. The third-order valence-corrected chi connectivity index (χ3v) is 8.45. The highest BCUT2D eigenvalue weighted by Gasteiger charge is 2.38. The van der Waals surface area contributed by atoms with Gasteiger partial charge < -0.3 is 24.3 Å². The van der Waals surface area contributed by atoms with Crippen LogP contribution in [0.25, 0.3) is 11.1 Å².